The van der Waals surface area contributed by atoms with Crippen molar-refractivity contribution in [2.45, 2.75) is 26.0 Å². The Morgan fingerprint density at radius 1 is 1.24 bits per heavy atom. The first-order valence-electron chi connectivity index (χ1n) is 5.21. The number of aliphatic carboxylic acids is 1. The highest BCUT2D eigenvalue weighted by molar-refractivity contribution is 5.82. The SMILES string of the molecule is CC(=O)NC(Cc1ccc(CO)cc1)C(=O)O. The molecule has 1 amide bonds. The van der Waals surface area contributed by atoms with Crippen LogP contribution in [-0.2, 0) is 22.6 Å². The summed E-state index contributed by atoms with van der Waals surface area (Å²) in [5.74, 6) is -1.43. The van der Waals surface area contributed by atoms with Gasteiger partial charge in [0.15, 0.2) is 0 Å². The highest BCUT2D eigenvalue weighted by Crippen LogP contribution is 2.07. The Balaban J connectivity index is 2.71. The average Bonchev–Trinajstić information content (AvgIpc) is 2.28. The van der Waals surface area contributed by atoms with E-state index in [1.165, 1.54) is 6.92 Å². The molecule has 1 aromatic carbocycles. The standard InChI is InChI=1S/C12H15NO4/c1-8(15)13-11(12(16)17)6-9-2-4-10(7-14)5-3-9/h2-5,11,14H,6-7H2,1H3,(H,13,15)(H,16,17). The largest absolute Gasteiger partial charge is 0.480 e. The van der Waals surface area contributed by atoms with Crippen LogP contribution in [0.3, 0.4) is 0 Å². The van der Waals surface area contributed by atoms with Gasteiger partial charge in [0.1, 0.15) is 6.04 Å². The van der Waals surface area contributed by atoms with Gasteiger partial charge >= 0.3 is 5.97 Å². The Kier molecular flexibility index (Phi) is 4.66. The van der Waals surface area contributed by atoms with Crippen molar-refractivity contribution in [2.24, 2.45) is 0 Å². The third kappa shape index (κ3) is 4.24. The molecule has 1 aromatic rings. The Bertz CT molecular complexity index is 399. The lowest BCUT2D eigenvalue weighted by Gasteiger charge is -2.13. The zero-order valence-electron chi connectivity index (χ0n) is 9.51. The van der Waals surface area contributed by atoms with Crippen molar-refractivity contribution >= 4 is 11.9 Å². The summed E-state index contributed by atoms with van der Waals surface area (Å²) >= 11 is 0. The minimum absolute atomic E-state index is 0.0473. The van der Waals surface area contributed by atoms with Gasteiger partial charge in [-0.3, -0.25) is 4.79 Å². The van der Waals surface area contributed by atoms with Gasteiger partial charge < -0.3 is 15.5 Å². The van der Waals surface area contributed by atoms with Crippen molar-refractivity contribution < 1.29 is 19.8 Å². The van der Waals surface area contributed by atoms with E-state index in [9.17, 15) is 9.59 Å². The summed E-state index contributed by atoms with van der Waals surface area (Å²) in [5, 5.41) is 20.2. The number of hydrogen-bond donors (Lipinski definition) is 3. The van der Waals surface area contributed by atoms with Crippen molar-refractivity contribution in [1.29, 1.82) is 0 Å². The van der Waals surface area contributed by atoms with Crippen LogP contribution in [0.15, 0.2) is 24.3 Å². The van der Waals surface area contributed by atoms with Gasteiger partial charge in [-0.2, -0.15) is 0 Å². The van der Waals surface area contributed by atoms with E-state index in [0.717, 1.165) is 11.1 Å². The zero-order valence-corrected chi connectivity index (χ0v) is 9.51. The second-order valence-corrected chi connectivity index (χ2v) is 3.77. The lowest BCUT2D eigenvalue weighted by atomic mass is 10.0. The molecule has 0 aliphatic heterocycles. The van der Waals surface area contributed by atoms with Crippen LogP contribution in [0.5, 0.6) is 0 Å². The topological polar surface area (TPSA) is 86.6 Å². The maximum Gasteiger partial charge on any atom is 0.326 e. The molecule has 5 nitrogen and oxygen atoms in total. The van der Waals surface area contributed by atoms with E-state index in [0.29, 0.717) is 0 Å². The predicted molar refractivity (Wildman–Crippen MR) is 61.3 cm³/mol. The second kappa shape index (κ2) is 6.00. The van der Waals surface area contributed by atoms with Crippen LogP contribution in [0, 0.1) is 0 Å². The third-order valence-electron chi connectivity index (χ3n) is 2.32. The summed E-state index contributed by atoms with van der Waals surface area (Å²) in [6.07, 6.45) is 0.223. The molecule has 5 heteroatoms. The van der Waals surface area contributed by atoms with Crippen molar-refractivity contribution in [3.63, 3.8) is 0 Å². The van der Waals surface area contributed by atoms with Gasteiger partial charge in [-0.1, -0.05) is 24.3 Å². The van der Waals surface area contributed by atoms with Gasteiger partial charge in [-0.05, 0) is 11.1 Å². The minimum Gasteiger partial charge on any atom is -0.480 e. The van der Waals surface area contributed by atoms with Gasteiger partial charge in [0.05, 0.1) is 6.61 Å². The lowest BCUT2D eigenvalue weighted by Crippen LogP contribution is -2.41. The maximum absolute atomic E-state index is 10.9. The normalized spacial score (nSPS) is 11.9. The molecule has 0 saturated carbocycles. The van der Waals surface area contributed by atoms with E-state index in [2.05, 4.69) is 5.32 Å². The van der Waals surface area contributed by atoms with Gasteiger partial charge in [0, 0.05) is 13.3 Å². The first-order valence-corrected chi connectivity index (χ1v) is 5.21. The Morgan fingerprint density at radius 3 is 2.18 bits per heavy atom. The van der Waals surface area contributed by atoms with Crippen LogP contribution >= 0.6 is 0 Å². The maximum atomic E-state index is 10.9. The molecule has 1 atom stereocenters. The summed E-state index contributed by atoms with van der Waals surface area (Å²) in [6, 6.07) is 6.00. The number of carboxylic acid groups (broad SMARTS) is 1. The smallest absolute Gasteiger partial charge is 0.326 e. The van der Waals surface area contributed by atoms with Gasteiger partial charge in [0.2, 0.25) is 5.91 Å². The number of benzene rings is 1. The molecule has 0 fully saturated rings. The molecule has 0 saturated heterocycles. The van der Waals surface area contributed by atoms with Crippen molar-refractivity contribution in [3.05, 3.63) is 35.4 Å². The number of aliphatic hydroxyl groups is 1. The number of amides is 1. The molecule has 0 spiro atoms. The highest BCUT2D eigenvalue weighted by atomic mass is 16.4. The molecule has 0 aliphatic carbocycles. The monoisotopic (exact) mass is 237 g/mol. The molecule has 0 heterocycles. The van der Waals surface area contributed by atoms with Crippen LogP contribution in [0.4, 0.5) is 0 Å². The molecule has 0 aromatic heterocycles. The predicted octanol–water partition coefficient (Wildman–Crippen LogP) is 0.311. The molecule has 0 aliphatic rings. The lowest BCUT2D eigenvalue weighted by molar-refractivity contribution is -0.141. The molecule has 92 valence electrons. The summed E-state index contributed by atoms with van der Waals surface area (Å²) in [7, 11) is 0. The van der Waals surface area contributed by atoms with E-state index < -0.39 is 12.0 Å². The average molecular weight is 237 g/mol. The number of aliphatic hydroxyl groups excluding tert-OH is 1. The minimum atomic E-state index is -1.06. The van der Waals surface area contributed by atoms with E-state index in [1.807, 2.05) is 0 Å². The fourth-order valence-corrected chi connectivity index (χ4v) is 1.46. The summed E-state index contributed by atoms with van der Waals surface area (Å²) in [4.78, 5) is 21.7. The summed E-state index contributed by atoms with van der Waals surface area (Å²) in [6.45, 7) is 1.24. The zero-order chi connectivity index (χ0) is 12.8. The quantitative estimate of drug-likeness (QED) is 0.688. The Labute approximate surface area is 99.1 Å². The number of carbonyl (C=O) groups excluding carboxylic acids is 1. The van der Waals surface area contributed by atoms with Crippen molar-refractivity contribution in [2.75, 3.05) is 0 Å². The fraction of sp³-hybridized carbons (Fsp3) is 0.333. The Hall–Kier alpha value is -1.88. The summed E-state index contributed by atoms with van der Waals surface area (Å²) in [5.41, 5.74) is 1.56. The first-order chi connectivity index (χ1) is 8.02. The van der Waals surface area contributed by atoms with Gasteiger partial charge in [-0.15, -0.1) is 0 Å². The molecular formula is C12H15NO4. The highest BCUT2D eigenvalue weighted by Gasteiger charge is 2.18. The van der Waals surface area contributed by atoms with Crippen molar-refractivity contribution in [3.8, 4) is 0 Å². The third-order valence-corrected chi connectivity index (χ3v) is 2.32. The van der Waals surface area contributed by atoms with Gasteiger partial charge in [0.25, 0.3) is 0 Å². The van der Waals surface area contributed by atoms with E-state index in [1.54, 1.807) is 24.3 Å². The number of nitrogens with one attached hydrogen (secondary N) is 1. The molecule has 17 heavy (non-hydrogen) atoms. The van der Waals surface area contributed by atoms with Crippen LogP contribution in [0.25, 0.3) is 0 Å². The van der Waals surface area contributed by atoms with Crippen LogP contribution in [-0.4, -0.2) is 28.1 Å². The van der Waals surface area contributed by atoms with Crippen LogP contribution in [0.1, 0.15) is 18.1 Å². The molecule has 0 radical (unpaired) electrons. The Morgan fingerprint density at radius 2 is 1.76 bits per heavy atom. The van der Waals surface area contributed by atoms with E-state index in [-0.39, 0.29) is 18.9 Å². The summed E-state index contributed by atoms with van der Waals surface area (Å²) < 4.78 is 0. The van der Waals surface area contributed by atoms with Gasteiger partial charge in [-0.25, -0.2) is 4.79 Å². The fourth-order valence-electron chi connectivity index (χ4n) is 1.46. The molecule has 1 unspecified atom stereocenters. The second-order valence-electron chi connectivity index (χ2n) is 3.77. The number of hydrogen-bond acceptors (Lipinski definition) is 3. The number of carboxylic acids is 1. The van der Waals surface area contributed by atoms with Crippen LogP contribution < -0.4 is 5.32 Å². The first kappa shape index (κ1) is 13.2. The number of carbonyl (C=O) groups is 2. The molecule has 0 bridgehead atoms. The molecule has 1 rings (SSSR count). The molecular weight excluding hydrogens is 222 g/mol. The molecule has 3 N–H and O–H groups in total. The van der Waals surface area contributed by atoms with E-state index in [4.69, 9.17) is 10.2 Å². The van der Waals surface area contributed by atoms with Crippen molar-refractivity contribution in [1.82, 2.24) is 5.32 Å². The van der Waals surface area contributed by atoms with E-state index >= 15 is 0 Å². The number of rotatable bonds is 5. The van der Waals surface area contributed by atoms with Crippen LogP contribution in [0.2, 0.25) is 0 Å².